The minimum absolute atomic E-state index is 0.0886. The van der Waals surface area contributed by atoms with Gasteiger partial charge in [-0.1, -0.05) is 0 Å². The van der Waals surface area contributed by atoms with Crippen LogP contribution in [-0.4, -0.2) is 29.5 Å². The number of nitrogens with zero attached hydrogens (tertiary/aromatic N) is 1. The molecule has 15 heavy (non-hydrogen) atoms. The first-order chi connectivity index (χ1) is 6.99. The Balaban J connectivity index is 2.19. The summed E-state index contributed by atoms with van der Waals surface area (Å²) in [4.78, 5) is 15.4. The fourth-order valence-corrected chi connectivity index (χ4v) is 1.56. The summed E-state index contributed by atoms with van der Waals surface area (Å²) in [6, 6.07) is 0. The average molecular weight is 227 g/mol. The molecule has 2 N–H and O–H groups in total. The van der Waals surface area contributed by atoms with Crippen LogP contribution in [-0.2, 0) is 0 Å². The molecule has 0 atom stereocenters. The molecular formula is C10H17N3OS. The Kier molecular flexibility index (Phi) is 4.23. The van der Waals surface area contributed by atoms with Crippen molar-refractivity contribution in [2.75, 3.05) is 13.1 Å². The molecule has 1 heterocycles. The molecule has 1 aromatic heterocycles. The highest BCUT2D eigenvalue weighted by molar-refractivity contribution is 7.07. The highest BCUT2D eigenvalue weighted by atomic mass is 32.1. The smallest absolute Gasteiger partial charge is 0.270 e. The van der Waals surface area contributed by atoms with Crippen LogP contribution in [0.3, 0.4) is 0 Å². The van der Waals surface area contributed by atoms with E-state index in [9.17, 15) is 4.79 Å². The molecule has 0 saturated heterocycles. The summed E-state index contributed by atoms with van der Waals surface area (Å²) >= 11 is 1.42. The van der Waals surface area contributed by atoms with Crippen molar-refractivity contribution in [2.24, 2.45) is 0 Å². The van der Waals surface area contributed by atoms with E-state index in [1.165, 1.54) is 11.3 Å². The highest BCUT2D eigenvalue weighted by Gasteiger charge is 2.09. The summed E-state index contributed by atoms with van der Waals surface area (Å²) in [5, 5.41) is 7.83. The number of nitrogens with one attached hydrogen (secondary N) is 2. The molecule has 1 aromatic rings. The first kappa shape index (κ1) is 12.1. The van der Waals surface area contributed by atoms with Crippen molar-refractivity contribution in [2.45, 2.75) is 26.3 Å². The van der Waals surface area contributed by atoms with Crippen molar-refractivity contribution < 1.29 is 4.79 Å². The molecule has 1 amide bonds. The molecule has 0 aliphatic carbocycles. The monoisotopic (exact) mass is 227 g/mol. The number of rotatable bonds is 4. The maximum Gasteiger partial charge on any atom is 0.270 e. The summed E-state index contributed by atoms with van der Waals surface area (Å²) in [6.07, 6.45) is 0. The molecule has 0 aliphatic heterocycles. The lowest BCUT2D eigenvalue weighted by Crippen LogP contribution is -2.41. The molecule has 0 spiro atoms. The Labute approximate surface area is 94.1 Å². The van der Waals surface area contributed by atoms with Crippen LogP contribution in [0.15, 0.2) is 10.9 Å². The van der Waals surface area contributed by atoms with E-state index in [0.717, 1.165) is 6.54 Å². The number of aromatic nitrogens is 1. The second-order valence-electron chi connectivity index (χ2n) is 4.31. The third kappa shape index (κ3) is 4.90. The van der Waals surface area contributed by atoms with Crippen molar-refractivity contribution in [3.05, 3.63) is 16.6 Å². The fraction of sp³-hybridized carbons (Fsp3) is 0.600. The van der Waals surface area contributed by atoms with Gasteiger partial charge < -0.3 is 10.6 Å². The minimum Gasteiger partial charge on any atom is -0.349 e. The average Bonchev–Trinajstić information content (AvgIpc) is 2.63. The van der Waals surface area contributed by atoms with Crippen LogP contribution < -0.4 is 10.6 Å². The largest absolute Gasteiger partial charge is 0.349 e. The van der Waals surface area contributed by atoms with Crippen LogP contribution in [0.1, 0.15) is 31.3 Å². The van der Waals surface area contributed by atoms with E-state index in [-0.39, 0.29) is 11.4 Å². The van der Waals surface area contributed by atoms with Gasteiger partial charge in [-0.25, -0.2) is 4.98 Å². The number of carbonyl (C=O) groups excluding carboxylic acids is 1. The lowest BCUT2D eigenvalue weighted by molar-refractivity contribution is 0.0948. The van der Waals surface area contributed by atoms with Crippen LogP contribution in [0.2, 0.25) is 0 Å². The van der Waals surface area contributed by atoms with Gasteiger partial charge in [0.15, 0.2) is 0 Å². The van der Waals surface area contributed by atoms with Gasteiger partial charge in [0, 0.05) is 24.0 Å². The molecule has 1 rings (SSSR count). The maximum atomic E-state index is 11.4. The van der Waals surface area contributed by atoms with Gasteiger partial charge in [0.1, 0.15) is 5.69 Å². The van der Waals surface area contributed by atoms with Crippen LogP contribution >= 0.6 is 11.3 Å². The highest BCUT2D eigenvalue weighted by Crippen LogP contribution is 2.00. The summed E-state index contributed by atoms with van der Waals surface area (Å²) < 4.78 is 0. The van der Waals surface area contributed by atoms with Gasteiger partial charge in [-0.05, 0) is 20.8 Å². The van der Waals surface area contributed by atoms with Gasteiger partial charge in [0.05, 0.1) is 5.51 Å². The van der Waals surface area contributed by atoms with Gasteiger partial charge in [0.2, 0.25) is 0 Å². The Morgan fingerprint density at radius 1 is 1.47 bits per heavy atom. The van der Waals surface area contributed by atoms with Crippen LogP contribution in [0.5, 0.6) is 0 Å². The quantitative estimate of drug-likeness (QED) is 0.761. The summed E-state index contributed by atoms with van der Waals surface area (Å²) in [5.41, 5.74) is 2.24. The first-order valence-electron chi connectivity index (χ1n) is 4.90. The number of carbonyl (C=O) groups is 1. The standard InChI is InChI=1S/C10H17N3OS/c1-10(2,3)13-5-4-11-9(14)8-6-15-7-12-8/h6-7,13H,4-5H2,1-3H3,(H,11,14). The molecule has 0 saturated carbocycles. The van der Waals surface area contributed by atoms with Crippen molar-refractivity contribution in [1.29, 1.82) is 0 Å². The lowest BCUT2D eigenvalue weighted by Gasteiger charge is -2.20. The second kappa shape index (κ2) is 5.23. The van der Waals surface area contributed by atoms with Gasteiger partial charge >= 0.3 is 0 Å². The van der Waals surface area contributed by atoms with Crippen molar-refractivity contribution in [3.63, 3.8) is 0 Å². The van der Waals surface area contributed by atoms with E-state index in [1.54, 1.807) is 10.9 Å². The van der Waals surface area contributed by atoms with Gasteiger partial charge in [-0.2, -0.15) is 0 Å². The van der Waals surface area contributed by atoms with E-state index in [1.807, 2.05) is 0 Å². The topological polar surface area (TPSA) is 54.0 Å². The molecule has 0 aromatic carbocycles. The Morgan fingerprint density at radius 3 is 2.73 bits per heavy atom. The van der Waals surface area contributed by atoms with Crippen LogP contribution in [0, 0.1) is 0 Å². The zero-order valence-electron chi connectivity index (χ0n) is 9.33. The zero-order valence-corrected chi connectivity index (χ0v) is 10.1. The number of amides is 1. The Hall–Kier alpha value is -0.940. The summed E-state index contributed by atoms with van der Waals surface area (Å²) in [6.45, 7) is 7.66. The summed E-state index contributed by atoms with van der Waals surface area (Å²) in [7, 11) is 0. The van der Waals surface area contributed by atoms with Crippen molar-refractivity contribution >= 4 is 17.2 Å². The molecule has 84 valence electrons. The number of hydrogen-bond donors (Lipinski definition) is 2. The first-order valence-corrected chi connectivity index (χ1v) is 5.85. The Morgan fingerprint density at radius 2 is 2.20 bits per heavy atom. The second-order valence-corrected chi connectivity index (χ2v) is 5.03. The predicted octanol–water partition coefficient (Wildman–Crippen LogP) is 1.26. The third-order valence-corrected chi connectivity index (χ3v) is 2.32. The molecule has 5 heteroatoms. The normalized spacial score (nSPS) is 11.4. The van der Waals surface area contributed by atoms with E-state index < -0.39 is 0 Å². The van der Waals surface area contributed by atoms with E-state index >= 15 is 0 Å². The van der Waals surface area contributed by atoms with Gasteiger partial charge in [0.25, 0.3) is 5.91 Å². The summed E-state index contributed by atoms with van der Waals surface area (Å²) in [5.74, 6) is -0.105. The molecule has 0 unspecified atom stereocenters. The Bertz CT molecular complexity index is 303. The maximum absolute atomic E-state index is 11.4. The van der Waals surface area contributed by atoms with E-state index in [0.29, 0.717) is 12.2 Å². The van der Waals surface area contributed by atoms with Crippen LogP contribution in [0.25, 0.3) is 0 Å². The fourth-order valence-electron chi connectivity index (χ4n) is 1.03. The number of hydrogen-bond acceptors (Lipinski definition) is 4. The van der Waals surface area contributed by atoms with E-state index in [4.69, 9.17) is 0 Å². The third-order valence-electron chi connectivity index (χ3n) is 1.73. The zero-order chi connectivity index (χ0) is 11.3. The van der Waals surface area contributed by atoms with Gasteiger partial charge in [-0.3, -0.25) is 4.79 Å². The van der Waals surface area contributed by atoms with Crippen molar-refractivity contribution in [3.8, 4) is 0 Å². The van der Waals surface area contributed by atoms with Crippen LogP contribution in [0.4, 0.5) is 0 Å². The predicted molar refractivity (Wildman–Crippen MR) is 62.2 cm³/mol. The minimum atomic E-state index is -0.105. The van der Waals surface area contributed by atoms with Crippen molar-refractivity contribution in [1.82, 2.24) is 15.6 Å². The molecular weight excluding hydrogens is 210 g/mol. The number of thiazole rings is 1. The molecule has 0 aliphatic rings. The molecule has 4 nitrogen and oxygen atoms in total. The molecule has 0 bridgehead atoms. The SMILES string of the molecule is CC(C)(C)NCCNC(=O)c1cscn1. The van der Waals surface area contributed by atoms with E-state index in [2.05, 4.69) is 36.4 Å². The molecule has 0 fully saturated rings. The van der Waals surface area contributed by atoms with Gasteiger partial charge in [-0.15, -0.1) is 11.3 Å². The lowest BCUT2D eigenvalue weighted by atomic mass is 10.1. The molecule has 0 radical (unpaired) electrons.